The molecule has 0 bridgehead atoms. The molecule has 0 amide bonds. The standard InChI is InChI=1S/C14H20FN3/c1-10(2)18-13-7-6-11(15)9-12(13)17-14(18)5-3-4-8-16/h6-7,9-10H,3-5,8,16H2,1-2H3. The molecule has 0 aliphatic rings. The molecule has 2 aromatic rings. The van der Waals surface area contributed by atoms with Gasteiger partial charge in [0.25, 0.3) is 0 Å². The van der Waals surface area contributed by atoms with Crippen LogP contribution in [0.5, 0.6) is 0 Å². The summed E-state index contributed by atoms with van der Waals surface area (Å²) in [5.41, 5.74) is 7.26. The SMILES string of the molecule is CC(C)n1c(CCCCN)nc2cc(F)ccc21. The normalized spacial score (nSPS) is 11.6. The zero-order valence-corrected chi connectivity index (χ0v) is 11.0. The fourth-order valence-corrected chi connectivity index (χ4v) is 2.30. The Kier molecular flexibility index (Phi) is 3.97. The molecule has 0 spiro atoms. The molecule has 3 nitrogen and oxygen atoms in total. The number of aryl methyl sites for hydroxylation is 1. The molecule has 0 atom stereocenters. The van der Waals surface area contributed by atoms with Crippen LogP contribution in [0.2, 0.25) is 0 Å². The number of fused-ring (bicyclic) bond motifs is 1. The predicted octanol–water partition coefficient (Wildman–Crippen LogP) is 3.04. The number of imidazole rings is 1. The molecule has 98 valence electrons. The highest BCUT2D eigenvalue weighted by Crippen LogP contribution is 2.22. The Bertz CT molecular complexity index is 531. The van der Waals surface area contributed by atoms with Crippen LogP contribution in [0.3, 0.4) is 0 Å². The highest BCUT2D eigenvalue weighted by Gasteiger charge is 2.13. The van der Waals surface area contributed by atoms with Gasteiger partial charge in [-0.05, 0) is 45.4 Å². The van der Waals surface area contributed by atoms with Gasteiger partial charge in [-0.1, -0.05) is 0 Å². The van der Waals surface area contributed by atoms with Crippen molar-refractivity contribution in [2.24, 2.45) is 5.73 Å². The second kappa shape index (κ2) is 5.48. The molecule has 0 radical (unpaired) electrons. The smallest absolute Gasteiger partial charge is 0.125 e. The second-order valence-electron chi connectivity index (χ2n) is 4.87. The van der Waals surface area contributed by atoms with E-state index in [1.54, 1.807) is 0 Å². The molecule has 0 saturated heterocycles. The molecule has 0 saturated carbocycles. The molecule has 1 heterocycles. The van der Waals surface area contributed by atoms with E-state index in [1.165, 1.54) is 12.1 Å². The number of halogens is 1. The summed E-state index contributed by atoms with van der Waals surface area (Å²) in [7, 11) is 0. The number of hydrogen-bond acceptors (Lipinski definition) is 2. The molecule has 4 heteroatoms. The average Bonchev–Trinajstić information content (AvgIpc) is 2.66. The van der Waals surface area contributed by atoms with Crippen LogP contribution in [0.4, 0.5) is 4.39 Å². The van der Waals surface area contributed by atoms with Crippen molar-refractivity contribution in [1.82, 2.24) is 9.55 Å². The van der Waals surface area contributed by atoms with Gasteiger partial charge in [-0.2, -0.15) is 0 Å². The minimum absolute atomic E-state index is 0.232. The molecule has 0 unspecified atom stereocenters. The van der Waals surface area contributed by atoms with Crippen molar-refractivity contribution in [2.45, 2.75) is 39.2 Å². The van der Waals surface area contributed by atoms with E-state index in [-0.39, 0.29) is 5.82 Å². The number of hydrogen-bond donors (Lipinski definition) is 1. The lowest BCUT2D eigenvalue weighted by atomic mass is 10.2. The third-order valence-corrected chi connectivity index (χ3v) is 3.10. The van der Waals surface area contributed by atoms with Crippen LogP contribution in [0.25, 0.3) is 11.0 Å². The molecule has 18 heavy (non-hydrogen) atoms. The van der Waals surface area contributed by atoms with E-state index < -0.39 is 0 Å². The van der Waals surface area contributed by atoms with Crippen molar-refractivity contribution < 1.29 is 4.39 Å². The first-order chi connectivity index (χ1) is 8.63. The van der Waals surface area contributed by atoms with Crippen LogP contribution in [0.1, 0.15) is 38.6 Å². The Balaban J connectivity index is 2.41. The highest BCUT2D eigenvalue weighted by molar-refractivity contribution is 5.76. The van der Waals surface area contributed by atoms with Gasteiger partial charge in [0.1, 0.15) is 11.6 Å². The Morgan fingerprint density at radius 3 is 2.78 bits per heavy atom. The number of unbranched alkanes of at least 4 members (excludes halogenated alkanes) is 1. The minimum Gasteiger partial charge on any atom is -0.330 e. The number of benzene rings is 1. The third kappa shape index (κ3) is 2.53. The monoisotopic (exact) mass is 249 g/mol. The van der Waals surface area contributed by atoms with Crippen LogP contribution >= 0.6 is 0 Å². The fourth-order valence-electron chi connectivity index (χ4n) is 2.30. The van der Waals surface area contributed by atoms with Crippen molar-refractivity contribution in [2.75, 3.05) is 6.54 Å². The minimum atomic E-state index is -0.232. The summed E-state index contributed by atoms with van der Waals surface area (Å²) in [4.78, 5) is 4.55. The van der Waals surface area contributed by atoms with Gasteiger partial charge in [-0.25, -0.2) is 9.37 Å². The van der Waals surface area contributed by atoms with Crippen LogP contribution < -0.4 is 5.73 Å². The van der Waals surface area contributed by atoms with Crippen LogP contribution in [-0.4, -0.2) is 16.1 Å². The maximum Gasteiger partial charge on any atom is 0.125 e. The van der Waals surface area contributed by atoms with Crippen molar-refractivity contribution in [1.29, 1.82) is 0 Å². The van der Waals surface area contributed by atoms with Crippen molar-refractivity contribution in [3.05, 3.63) is 29.8 Å². The van der Waals surface area contributed by atoms with E-state index in [9.17, 15) is 4.39 Å². The van der Waals surface area contributed by atoms with Gasteiger partial charge < -0.3 is 10.3 Å². The highest BCUT2D eigenvalue weighted by atomic mass is 19.1. The van der Waals surface area contributed by atoms with E-state index in [0.29, 0.717) is 12.6 Å². The van der Waals surface area contributed by atoms with E-state index in [0.717, 1.165) is 36.1 Å². The summed E-state index contributed by atoms with van der Waals surface area (Å²) in [6.45, 7) is 4.95. The van der Waals surface area contributed by atoms with Gasteiger partial charge in [-0.15, -0.1) is 0 Å². The van der Waals surface area contributed by atoms with E-state index in [4.69, 9.17) is 5.73 Å². The molecule has 0 aliphatic heterocycles. The predicted molar refractivity (Wildman–Crippen MR) is 72.1 cm³/mol. The summed E-state index contributed by atoms with van der Waals surface area (Å²) in [6.07, 6.45) is 2.91. The van der Waals surface area contributed by atoms with Gasteiger partial charge in [0.2, 0.25) is 0 Å². The zero-order chi connectivity index (χ0) is 13.1. The Labute approximate surface area is 107 Å². The fraction of sp³-hybridized carbons (Fsp3) is 0.500. The van der Waals surface area contributed by atoms with Gasteiger partial charge in [0, 0.05) is 18.5 Å². The average molecular weight is 249 g/mol. The summed E-state index contributed by atoms with van der Waals surface area (Å²) in [5.74, 6) is 0.795. The van der Waals surface area contributed by atoms with Gasteiger partial charge in [0.05, 0.1) is 11.0 Å². The van der Waals surface area contributed by atoms with Gasteiger partial charge in [0.15, 0.2) is 0 Å². The molecule has 0 aliphatic carbocycles. The lowest BCUT2D eigenvalue weighted by Gasteiger charge is -2.12. The maximum atomic E-state index is 13.2. The Hall–Kier alpha value is -1.42. The van der Waals surface area contributed by atoms with Gasteiger partial charge >= 0.3 is 0 Å². The van der Waals surface area contributed by atoms with Gasteiger partial charge in [-0.3, -0.25) is 0 Å². The number of aromatic nitrogens is 2. The molecule has 2 N–H and O–H groups in total. The molecule has 1 aromatic heterocycles. The van der Waals surface area contributed by atoms with Crippen LogP contribution in [0.15, 0.2) is 18.2 Å². The Morgan fingerprint density at radius 1 is 1.33 bits per heavy atom. The topological polar surface area (TPSA) is 43.8 Å². The lowest BCUT2D eigenvalue weighted by molar-refractivity contribution is 0.571. The quantitative estimate of drug-likeness (QED) is 0.828. The Morgan fingerprint density at radius 2 is 2.11 bits per heavy atom. The van der Waals surface area contributed by atoms with Crippen molar-refractivity contribution >= 4 is 11.0 Å². The second-order valence-corrected chi connectivity index (χ2v) is 4.87. The van der Waals surface area contributed by atoms with Crippen molar-refractivity contribution in [3.63, 3.8) is 0 Å². The van der Waals surface area contributed by atoms with E-state index in [1.807, 2.05) is 6.07 Å². The molecule has 2 rings (SSSR count). The number of rotatable bonds is 5. The summed E-state index contributed by atoms with van der Waals surface area (Å²) in [5, 5.41) is 0. The molecule has 0 fully saturated rings. The summed E-state index contributed by atoms with van der Waals surface area (Å²) < 4.78 is 15.4. The number of nitrogens with zero attached hydrogens (tertiary/aromatic N) is 2. The maximum absolute atomic E-state index is 13.2. The van der Waals surface area contributed by atoms with E-state index >= 15 is 0 Å². The first kappa shape index (κ1) is 13.0. The number of nitrogens with two attached hydrogens (primary N) is 1. The molecule has 1 aromatic carbocycles. The first-order valence-corrected chi connectivity index (χ1v) is 6.50. The van der Waals surface area contributed by atoms with Crippen LogP contribution in [-0.2, 0) is 6.42 Å². The summed E-state index contributed by atoms with van der Waals surface area (Å²) in [6, 6.07) is 5.13. The zero-order valence-electron chi connectivity index (χ0n) is 11.0. The first-order valence-electron chi connectivity index (χ1n) is 6.50. The van der Waals surface area contributed by atoms with Crippen molar-refractivity contribution in [3.8, 4) is 0 Å². The summed E-state index contributed by atoms with van der Waals surface area (Å²) >= 11 is 0. The molecular weight excluding hydrogens is 229 g/mol. The largest absolute Gasteiger partial charge is 0.330 e. The van der Waals surface area contributed by atoms with Crippen LogP contribution in [0, 0.1) is 5.82 Å². The third-order valence-electron chi connectivity index (χ3n) is 3.10. The molecular formula is C14H20FN3. The lowest BCUT2D eigenvalue weighted by Crippen LogP contribution is -2.07. The van der Waals surface area contributed by atoms with E-state index in [2.05, 4.69) is 23.4 Å².